The van der Waals surface area contributed by atoms with E-state index in [2.05, 4.69) is 23.3 Å². The van der Waals surface area contributed by atoms with Crippen molar-refractivity contribution in [2.75, 3.05) is 5.32 Å². The fraction of sp³-hybridized carbons (Fsp3) is 0.586. The van der Waals surface area contributed by atoms with Gasteiger partial charge in [0.15, 0.2) is 5.13 Å². The van der Waals surface area contributed by atoms with Gasteiger partial charge >= 0.3 is 35.5 Å². The second kappa shape index (κ2) is 12.3. The molecule has 2 saturated carbocycles. The number of carboxylic acid groups (broad SMARTS) is 1. The minimum absolute atomic E-state index is 0. The van der Waals surface area contributed by atoms with Crippen molar-refractivity contribution in [2.24, 2.45) is 23.2 Å². The Bertz CT molecular complexity index is 1230. The number of aryl methyl sites for hydroxylation is 2. The molecular formula is C29H35N2NaO6S. The van der Waals surface area contributed by atoms with Gasteiger partial charge in [0, 0.05) is 28.9 Å². The van der Waals surface area contributed by atoms with Crippen LogP contribution in [0.25, 0.3) is 0 Å². The second-order valence-corrected chi connectivity index (χ2v) is 12.7. The van der Waals surface area contributed by atoms with Crippen molar-refractivity contribution in [3.63, 3.8) is 0 Å². The number of nitrogens with zero attached hydrogens (tertiary/aromatic N) is 1. The molecule has 0 radical (unpaired) electrons. The number of nitrogens with one attached hydrogen (secondary N) is 1. The summed E-state index contributed by atoms with van der Waals surface area (Å²) in [6, 6.07) is 5.72. The van der Waals surface area contributed by atoms with Gasteiger partial charge in [0.25, 0.3) is 0 Å². The number of anilines is 1. The number of phenols is 1. The van der Waals surface area contributed by atoms with Gasteiger partial charge in [-0.1, -0.05) is 13.0 Å². The minimum atomic E-state index is -1.26. The monoisotopic (exact) mass is 562 g/mol. The summed E-state index contributed by atoms with van der Waals surface area (Å²) in [7, 11) is 0. The van der Waals surface area contributed by atoms with Crippen molar-refractivity contribution >= 4 is 34.3 Å². The van der Waals surface area contributed by atoms with E-state index < -0.39 is 11.9 Å². The summed E-state index contributed by atoms with van der Waals surface area (Å²) in [6.07, 6.45) is 6.37. The first-order valence-electron chi connectivity index (χ1n) is 13.6. The van der Waals surface area contributed by atoms with E-state index in [1.807, 2.05) is 13.0 Å². The molecule has 2 N–H and O–H groups in total. The molecule has 1 aromatic carbocycles. The molecule has 3 aliphatic rings. The summed E-state index contributed by atoms with van der Waals surface area (Å²) in [5, 5.41) is 24.4. The Hall–Kier alpha value is -1.94. The zero-order chi connectivity index (χ0) is 27.0. The molecule has 5 rings (SSSR count). The predicted octanol–water partition coefficient (Wildman–Crippen LogP) is 1.10. The van der Waals surface area contributed by atoms with Gasteiger partial charge in [0.2, 0.25) is 5.91 Å². The number of hydrogen-bond donors (Lipinski definition) is 2. The number of amides is 1. The molecule has 0 bridgehead atoms. The van der Waals surface area contributed by atoms with Gasteiger partial charge < -0.3 is 25.1 Å². The SMILES string of the molecule is Cc1cnc(NC(=O)CC[C@@H]2C[C@H](OC(=O)CCC(=O)[O-])[C@@]3(C)CCC4c5ccc(O)cc5CCC4C23)s1.[Na+]. The molecule has 0 aliphatic heterocycles. The largest absolute Gasteiger partial charge is 1.00 e. The van der Waals surface area contributed by atoms with Crippen LogP contribution < -0.4 is 40.0 Å². The first kappa shape index (κ1) is 30.0. The standard InChI is InChI=1S/C29H36N2O6S.Na/c1-16-15-30-28(38-16)31-24(33)8-4-18-14-23(37-26(36)10-9-25(34)35)29(2)12-11-21-20-7-5-19(32)13-17(20)3-6-22(21)27(18)29;/h5,7,13,15,18,21-23,27,32H,3-4,6,8-12,14H2,1-2H3,(H,34,35)(H,30,31,33);/q;+1/p-1/t18-,21?,22?,23+,27?,29-;/m1./s1. The van der Waals surface area contributed by atoms with Gasteiger partial charge in [-0.25, -0.2) is 4.98 Å². The average molecular weight is 563 g/mol. The van der Waals surface area contributed by atoms with Crippen molar-refractivity contribution in [1.82, 2.24) is 4.98 Å². The number of phenolic OH excluding ortho intramolecular Hbond substituents is 1. The van der Waals surface area contributed by atoms with Gasteiger partial charge in [-0.3, -0.25) is 9.59 Å². The van der Waals surface area contributed by atoms with Crippen LogP contribution in [0.1, 0.15) is 80.2 Å². The Labute approximate surface area is 255 Å². The number of fused-ring (bicyclic) bond motifs is 5. The molecule has 0 saturated heterocycles. The Morgan fingerprint density at radius 1 is 1.23 bits per heavy atom. The summed E-state index contributed by atoms with van der Waals surface area (Å²) in [5.74, 6) is -0.274. The molecule has 3 unspecified atom stereocenters. The van der Waals surface area contributed by atoms with Crippen molar-refractivity contribution < 1.29 is 58.9 Å². The maximum Gasteiger partial charge on any atom is 1.00 e. The number of hydrogen-bond acceptors (Lipinski definition) is 8. The molecule has 1 heterocycles. The number of carbonyl (C=O) groups is 3. The number of esters is 1. The Morgan fingerprint density at radius 3 is 2.74 bits per heavy atom. The normalized spacial score (nSPS) is 28.8. The van der Waals surface area contributed by atoms with Gasteiger partial charge in [-0.15, -0.1) is 11.3 Å². The molecule has 39 heavy (non-hydrogen) atoms. The molecule has 1 amide bonds. The van der Waals surface area contributed by atoms with Crippen molar-refractivity contribution in [2.45, 2.75) is 83.7 Å². The first-order chi connectivity index (χ1) is 18.1. The molecule has 10 heteroatoms. The van der Waals surface area contributed by atoms with Crippen molar-refractivity contribution in [3.05, 3.63) is 40.4 Å². The van der Waals surface area contributed by atoms with Gasteiger partial charge in [0.05, 0.1) is 6.42 Å². The van der Waals surface area contributed by atoms with E-state index in [-0.39, 0.29) is 71.7 Å². The summed E-state index contributed by atoms with van der Waals surface area (Å²) in [4.78, 5) is 41.5. The molecule has 1 aromatic heterocycles. The number of aromatic hydroxyl groups is 1. The number of aromatic nitrogens is 1. The van der Waals surface area contributed by atoms with E-state index in [4.69, 9.17) is 4.74 Å². The quantitative estimate of drug-likeness (QED) is 0.364. The van der Waals surface area contributed by atoms with Gasteiger partial charge in [-0.05, 0) is 98.8 Å². The number of carboxylic acids is 1. The third-order valence-corrected chi connectivity index (χ3v) is 10.0. The summed E-state index contributed by atoms with van der Waals surface area (Å²) in [5.41, 5.74) is 2.29. The number of rotatable bonds is 8. The fourth-order valence-corrected chi connectivity index (χ4v) is 8.29. The molecule has 3 aliphatic carbocycles. The topological polar surface area (TPSA) is 129 Å². The third-order valence-electron chi connectivity index (χ3n) is 9.18. The number of benzene rings is 1. The van der Waals surface area contributed by atoms with Crippen LogP contribution in [0.2, 0.25) is 0 Å². The number of thiazole rings is 1. The smallest absolute Gasteiger partial charge is 0.550 e. The molecule has 6 atom stereocenters. The van der Waals surface area contributed by atoms with Crippen LogP contribution in [0.4, 0.5) is 5.13 Å². The van der Waals surface area contributed by atoms with E-state index in [1.165, 1.54) is 22.5 Å². The maximum absolute atomic E-state index is 12.8. The maximum atomic E-state index is 12.8. The van der Waals surface area contributed by atoms with Gasteiger partial charge in [-0.2, -0.15) is 0 Å². The first-order valence-corrected chi connectivity index (χ1v) is 14.4. The zero-order valence-electron chi connectivity index (χ0n) is 22.9. The van der Waals surface area contributed by atoms with E-state index in [1.54, 1.807) is 12.3 Å². The van der Waals surface area contributed by atoms with Crippen LogP contribution >= 0.6 is 11.3 Å². The van der Waals surface area contributed by atoms with Crippen LogP contribution in [0.5, 0.6) is 5.75 Å². The summed E-state index contributed by atoms with van der Waals surface area (Å²) < 4.78 is 5.96. The van der Waals surface area contributed by atoms with E-state index in [0.29, 0.717) is 42.0 Å². The molecule has 8 nitrogen and oxygen atoms in total. The van der Waals surface area contributed by atoms with Crippen molar-refractivity contribution in [1.29, 1.82) is 0 Å². The van der Waals surface area contributed by atoms with E-state index >= 15 is 0 Å². The molecule has 2 aromatic rings. The molecule has 0 spiro atoms. The van der Waals surface area contributed by atoms with Gasteiger partial charge in [0.1, 0.15) is 11.9 Å². The average Bonchev–Trinajstić information content (AvgIpc) is 3.40. The number of ether oxygens (including phenoxy) is 1. The van der Waals surface area contributed by atoms with E-state index in [0.717, 1.165) is 30.6 Å². The minimum Gasteiger partial charge on any atom is -0.550 e. The Kier molecular flexibility index (Phi) is 9.46. The Balaban J connectivity index is 0.00000353. The predicted molar refractivity (Wildman–Crippen MR) is 140 cm³/mol. The van der Waals surface area contributed by atoms with Crippen LogP contribution in [-0.2, 0) is 25.5 Å². The second-order valence-electron chi connectivity index (χ2n) is 11.5. The number of aliphatic carboxylic acids is 1. The van der Waals surface area contributed by atoms with Crippen LogP contribution in [0.3, 0.4) is 0 Å². The van der Waals surface area contributed by atoms with Crippen LogP contribution in [-0.4, -0.2) is 34.0 Å². The molecular weight excluding hydrogens is 527 g/mol. The fourth-order valence-electron chi connectivity index (χ4n) is 7.61. The summed E-state index contributed by atoms with van der Waals surface area (Å²) >= 11 is 1.45. The number of carbonyl (C=O) groups excluding carboxylic acids is 3. The van der Waals surface area contributed by atoms with Crippen molar-refractivity contribution in [3.8, 4) is 5.75 Å². The van der Waals surface area contributed by atoms with Crippen LogP contribution in [0.15, 0.2) is 24.4 Å². The Morgan fingerprint density at radius 2 is 2.03 bits per heavy atom. The van der Waals surface area contributed by atoms with E-state index in [9.17, 15) is 24.6 Å². The third kappa shape index (κ3) is 6.37. The zero-order valence-corrected chi connectivity index (χ0v) is 25.7. The molecule has 2 fully saturated rings. The van der Waals surface area contributed by atoms with Crippen LogP contribution in [0, 0.1) is 30.1 Å². The summed E-state index contributed by atoms with van der Waals surface area (Å²) in [6.45, 7) is 4.17. The molecule has 204 valence electrons.